The van der Waals surface area contributed by atoms with Crippen LogP contribution in [0.1, 0.15) is 11.1 Å². The smallest absolute Gasteiger partial charge is 0.341 e. The molecule has 50 heavy (non-hydrogen) atoms. The van der Waals surface area contributed by atoms with Gasteiger partial charge in [-0.15, -0.1) is 0 Å². The molecule has 0 spiro atoms. The second-order valence-electron chi connectivity index (χ2n) is 9.05. The summed E-state index contributed by atoms with van der Waals surface area (Å²) >= 11 is 11.5. The quantitative estimate of drug-likeness (QED) is 0.127. The zero-order chi connectivity index (χ0) is 37.6. The first-order valence-electron chi connectivity index (χ1n) is 12.6. The highest BCUT2D eigenvalue weighted by atomic mass is 35.5. The van der Waals surface area contributed by atoms with Crippen molar-refractivity contribution >= 4 is 54.3 Å². The summed E-state index contributed by atoms with van der Waals surface area (Å²) in [7, 11) is -10.0. The van der Waals surface area contributed by atoms with Gasteiger partial charge in [0.1, 0.15) is 57.9 Å². The number of sulfone groups is 2. The lowest BCUT2D eigenvalue weighted by Gasteiger charge is -2.12. The second kappa shape index (κ2) is 15.8. The number of benzene rings is 4. The van der Waals surface area contributed by atoms with E-state index in [4.69, 9.17) is 56.3 Å². The van der Waals surface area contributed by atoms with Crippen molar-refractivity contribution in [3.05, 3.63) is 116 Å². The van der Waals surface area contributed by atoms with Crippen LogP contribution in [0, 0.1) is 47.4 Å². The SMILES string of the molecule is [C-]#[N+]c1cc(F)cc(Oc2ccc(S(=O)(=O)C(F)F)c(Cl)c2C#N)c1.[C-]#[N+]c1cc(F)cc(Oc2ccc(S(=O)(=O)C(F)F)c(Cl)c2C#N)c1. The molecule has 256 valence electrons. The number of nitriles is 2. The highest BCUT2D eigenvalue weighted by Crippen LogP contribution is 2.39. The summed E-state index contributed by atoms with van der Waals surface area (Å²) in [6.45, 7) is 13.7. The summed E-state index contributed by atoms with van der Waals surface area (Å²) in [5.74, 6) is -9.83. The topological polar surface area (TPSA) is 143 Å². The maximum atomic E-state index is 13.4. The van der Waals surface area contributed by atoms with Crippen LogP contribution in [0.2, 0.25) is 10.0 Å². The van der Waals surface area contributed by atoms with Gasteiger partial charge in [0.05, 0.1) is 33.0 Å². The minimum atomic E-state index is -5.02. The number of ether oxygens (including phenoxy) is 2. The Labute approximate surface area is 289 Å². The van der Waals surface area contributed by atoms with Crippen LogP contribution >= 0.6 is 23.2 Å². The van der Waals surface area contributed by atoms with Crippen molar-refractivity contribution in [2.24, 2.45) is 0 Å². The van der Waals surface area contributed by atoms with E-state index in [1.54, 1.807) is 12.1 Å². The summed E-state index contributed by atoms with van der Waals surface area (Å²) in [4.78, 5) is 4.23. The summed E-state index contributed by atoms with van der Waals surface area (Å²) < 4.78 is 134. The molecular weight excluding hydrogens is 761 g/mol. The average molecular weight is 773 g/mol. The van der Waals surface area contributed by atoms with Crippen LogP contribution in [0.3, 0.4) is 0 Å². The van der Waals surface area contributed by atoms with Crippen molar-refractivity contribution in [3.8, 4) is 35.1 Å². The van der Waals surface area contributed by atoms with E-state index in [-0.39, 0.29) is 34.4 Å². The monoisotopic (exact) mass is 772 g/mol. The lowest BCUT2D eigenvalue weighted by Crippen LogP contribution is -2.12. The maximum Gasteiger partial charge on any atom is 0.341 e. The van der Waals surface area contributed by atoms with Gasteiger partial charge in [-0.25, -0.2) is 35.3 Å². The fraction of sp³-hybridized carbons (Fsp3) is 0.0667. The molecule has 20 heteroatoms. The van der Waals surface area contributed by atoms with Crippen molar-refractivity contribution in [2.75, 3.05) is 0 Å². The largest absolute Gasteiger partial charge is 0.457 e. The van der Waals surface area contributed by atoms with E-state index in [1.165, 1.54) is 12.1 Å². The number of alkyl halides is 4. The summed E-state index contributed by atoms with van der Waals surface area (Å²) in [5, 5.41) is 16.8. The second-order valence-corrected chi connectivity index (χ2v) is 13.6. The molecule has 0 aliphatic carbocycles. The van der Waals surface area contributed by atoms with Crippen molar-refractivity contribution < 1.29 is 52.7 Å². The van der Waals surface area contributed by atoms with Gasteiger partial charge in [0.2, 0.25) is 19.7 Å². The summed E-state index contributed by atoms with van der Waals surface area (Å²) in [5.41, 5.74) is -1.18. The van der Waals surface area contributed by atoms with E-state index in [1.807, 2.05) is 0 Å². The summed E-state index contributed by atoms with van der Waals surface area (Å²) in [6, 6.07) is 12.6. The van der Waals surface area contributed by atoms with Gasteiger partial charge in [-0.3, -0.25) is 0 Å². The molecule has 4 aromatic rings. The van der Waals surface area contributed by atoms with Crippen molar-refractivity contribution in [2.45, 2.75) is 21.3 Å². The van der Waals surface area contributed by atoms with Gasteiger partial charge in [0, 0.05) is 12.1 Å². The number of hydrogen-bond acceptors (Lipinski definition) is 8. The molecular formula is C30H12Cl2F6N4O6S2. The minimum Gasteiger partial charge on any atom is -0.457 e. The molecule has 0 atom stereocenters. The number of nitrogens with zero attached hydrogens (tertiary/aromatic N) is 4. The van der Waals surface area contributed by atoms with Crippen molar-refractivity contribution in [3.63, 3.8) is 0 Å². The maximum absolute atomic E-state index is 13.4. The molecule has 0 bridgehead atoms. The van der Waals surface area contributed by atoms with Crippen LogP contribution in [0.25, 0.3) is 9.69 Å². The Hall–Kier alpha value is -5.50. The molecule has 0 radical (unpaired) electrons. The Balaban J connectivity index is 0.000000270. The van der Waals surface area contributed by atoms with Crippen LogP contribution in [-0.2, 0) is 19.7 Å². The first-order valence-corrected chi connectivity index (χ1v) is 16.5. The first-order chi connectivity index (χ1) is 23.4. The van der Waals surface area contributed by atoms with Gasteiger partial charge in [0.15, 0.2) is 11.4 Å². The molecule has 0 amide bonds. The van der Waals surface area contributed by atoms with Crippen LogP contribution in [0.5, 0.6) is 23.0 Å². The summed E-state index contributed by atoms with van der Waals surface area (Å²) in [6.07, 6.45) is 0. The van der Waals surface area contributed by atoms with Gasteiger partial charge in [-0.2, -0.15) is 28.1 Å². The third-order valence-corrected chi connectivity index (χ3v) is 9.72. The fourth-order valence-electron chi connectivity index (χ4n) is 3.69. The van der Waals surface area contributed by atoms with Gasteiger partial charge in [-0.05, 0) is 48.5 Å². The molecule has 0 aromatic heterocycles. The van der Waals surface area contributed by atoms with Crippen LogP contribution in [0.15, 0.2) is 70.5 Å². The lowest BCUT2D eigenvalue weighted by atomic mass is 10.2. The number of halogens is 8. The van der Waals surface area contributed by atoms with Gasteiger partial charge >= 0.3 is 11.5 Å². The van der Waals surface area contributed by atoms with Gasteiger partial charge in [0.25, 0.3) is 0 Å². The van der Waals surface area contributed by atoms with Crippen molar-refractivity contribution in [1.82, 2.24) is 0 Å². The van der Waals surface area contributed by atoms with Crippen LogP contribution < -0.4 is 9.47 Å². The highest BCUT2D eigenvalue weighted by Gasteiger charge is 2.32. The third kappa shape index (κ3) is 8.55. The average Bonchev–Trinajstić information content (AvgIpc) is 3.04. The molecule has 0 saturated carbocycles. The van der Waals surface area contributed by atoms with Crippen molar-refractivity contribution in [1.29, 1.82) is 10.5 Å². The molecule has 10 nitrogen and oxygen atoms in total. The molecule has 0 aliphatic rings. The van der Waals surface area contributed by atoms with E-state index in [0.717, 1.165) is 48.5 Å². The molecule has 4 rings (SSSR count). The Morgan fingerprint density at radius 1 is 0.640 bits per heavy atom. The number of rotatable bonds is 8. The Bertz CT molecular complexity index is 2220. The molecule has 0 N–H and O–H groups in total. The molecule has 0 unspecified atom stereocenters. The zero-order valence-corrected chi connectivity index (χ0v) is 27.2. The minimum absolute atomic E-state index is 0.0727. The van der Waals surface area contributed by atoms with Gasteiger partial charge in [-0.1, -0.05) is 23.2 Å². The van der Waals surface area contributed by atoms with E-state index in [9.17, 15) is 43.2 Å². The highest BCUT2D eigenvalue weighted by molar-refractivity contribution is 7.92. The Morgan fingerprint density at radius 2 is 0.980 bits per heavy atom. The van der Waals surface area contributed by atoms with Gasteiger partial charge < -0.3 is 9.47 Å². The van der Waals surface area contributed by atoms with Crippen LogP contribution in [0.4, 0.5) is 37.7 Å². The third-order valence-electron chi connectivity index (χ3n) is 5.87. The van der Waals surface area contributed by atoms with E-state index in [0.29, 0.717) is 0 Å². The lowest BCUT2D eigenvalue weighted by molar-refractivity contribution is 0.234. The van der Waals surface area contributed by atoms with Crippen LogP contribution in [-0.4, -0.2) is 28.4 Å². The number of hydrogen-bond donors (Lipinski definition) is 0. The Kier molecular flexibility index (Phi) is 12.3. The predicted molar refractivity (Wildman–Crippen MR) is 164 cm³/mol. The molecule has 0 aliphatic heterocycles. The zero-order valence-electron chi connectivity index (χ0n) is 24.0. The fourth-order valence-corrected chi connectivity index (χ4v) is 6.33. The van der Waals surface area contributed by atoms with E-state index < -0.39 is 73.8 Å². The predicted octanol–water partition coefficient (Wildman–Crippen LogP) is 9.38. The first kappa shape index (κ1) is 38.9. The molecule has 0 heterocycles. The normalized spacial score (nSPS) is 11.0. The van der Waals surface area contributed by atoms with E-state index >= 15 is 0 Å². The molecule has 0 fully saturated rings. The molecule has 4 aromatic carbocycles. The van der Waals surface area contributed by atoms with E-state index in [2.05, 4.69) is 9.69 Å². The molecule has 0 saturated heterocycles. The standard InChI is InChI=1S/2C15H6ClF3N2O3S/c2*1-21-9-4-8(17)5-10(6-9)24-12-2-3-13(14(16)11(12)7-20)25(22,23)15(18)19/h2*2-6,15H. The Morgan fingerprint density at radius 3 is 1.26 bits per heavy atom.